The monoisotopic (exact) mass is 138 g/mol. The number of anilines is 1. The Hall–Kier alpha value is -1.12. The number of nitrogen functional groups attached to an aromatic ring is 1. The van der Waals surface area contributed by atoms with Gasteiger partial charge in [0.2, 0.25) is 12.1 Å². The zero-order valence-corrected chi connectivity index (χ0v) is 6.28. The summed E-state index contributed by atoms with van der Waals surface area (Å²) in [4.78, 5) is 3.95. The van der Waals surface area contributed by atoms with Crippen molar-refractivity contribution in [2.75, 3.05) is 5.73 Å². The Morgan fingerprint density at radius 1 is 1.60 bits per heavy atom. The molecule has 0 atom stereocenters. The second-order valence-electron chi connectivity index (χ2n) is 2.51. The summed E-state index contributed by atoms with van der Waals surface area (Å²) in [5, 5.41) is 0. The molecule has 1 heterocycles. The van der Waals surface area contributed by atoms with Gasteiger partial charge in [-0.2, -0.15) is 0 Å². The van der Waals surface area contributed by atoms with Gasteiger partial charge >= 0.3 is 0 Å². The molecule has 0 spiro atoms. The molecular formula is C7H12N3+. The maximum Gasteiger partial charge on any atom is 0.225 e. The summed E-state index contributed by atoms with van der Waals surface area (Å²) >= 11 is 0. The van der Waals surface area contributed by atoms with Crippen molar-refractivity contribution in [3.8, 4) is 0 Å². The van der Waals surface area contributed by atoms with Crippen LogP contribution in [0.15, 0.2) is 18.6 Å². The summed E-state index contributed by atoms with van der Waals surface area (Å²) in [5.74, 6) is 0.755. The Labute approximate surface area is 60.5 Å². The lowest BCUT2D eigenvalue weighted by atomic mass is 10.4. The van der Waals surface area contributed by atoms with E-state index in [0.29, 0.717) is 6.04 Å². The number of nitrogens with zero attached hydrogens (tertiary/aromatic N) is 2. The minimum atomic E-state index is 0.383. The Kier molecular flexibility index (Phi) is 1.85. The molecule has 0 unspecified atom stereocenters. The van der Waals surface area contributed by atoms with E-state index in [9.17, 15) is 0 Å². The van der Waals surface area contributed by atoms with Crippen LogP contribution in [0, 0.1) is 0 Å². The van der Waals surface area contributed by atoms with E-state index in [-0.39, 0.29) is 0 Å². The van der Waals surface area contributed by atoms with Gasteiger partial charge in [-0.25, -0.2) is 4.57 Å². The Morgan fingerprint density at radius 3 is 2.70 bits per heavy atom. The van der Waals surface area contributed by atoms with Gasteiger partial charge in [-0.1, -0.05) is 0 Å². The zero-order chi connectivity index (χ0) is 7.56. The molecule has 0 aliphatic heterocycles. The van der Waals surface area contributed by atoms with E-state index >= 15 is 0 Å². The van der Waals surface area contributed by atoms with E-state index in [0.717, 1.165) is 5.82 Å². The van der Waals surface area contributed by atoms with Crippen LogP contribution in [0.5, 0.6) is 0 Å². The van der Waals surface area contributed by atoms with Crippen LogP contribution in [0.1, 0.15) is 19.9 Å². The van der Waals surface area contributed by atoms with E-state index in [1.165, 1.54) is 0 Å². The highest BCUT2D eigenvalue weighted by Crippen LogP contribution is 1.95. The summed E-state index contributed by atoms with van der Waals surface area (Å²) in [6.07, 6.45) is 3.42. The number of rotatable bonds is 1. The van der Waals surface area contributed by atoms with Crippen LogP contribution in [-0.2, 0) is 0 Å². The van der Waals surface area contributed by atoms with Crippen molar-refractivity contribution in [3.05, 3.63) is 18.6 Å². The maximum atomic E-state index is 5.64. The van der Waals surface area contributed by atoms with Crippen LogP contribution in [0.25, 0.3) is 0 Å². The van der Waals surface area contributed by atoms with Crippen molar-refractivity contribution < 1.29 is 4.57 Å². The number of hydrogen-bond acceptors (Lipinski definition) is 2. The molecule has 3 nitrogen and oxygen atoms in total. The normalized spacial score (nSPS) is 10.3. The highest BCUT2D eigenvalue weighted by Gasteiger charge is 2.04. The molecule has 0 bridgehead atoms. The highest BCUT2D eigenvalue weighted by molar-refractivity contribution is 5.16. The smallest absolute Gasteiger partial charge is 0.225 e. The molecule has 0 aliphatic carbocycles. The third-order valence-corrected chi connectivity index (χ3v) is 1.38. The lowest BCUT2D eigenvalue weighted by Gasteiger charge is -2.04. The van der Waals surface area contributed by atoms with Crippen molar-refractivity contribution in [2.45, 2.75) is 19.9 Å². The van der Waals surface area contributed by atoms with Crippen LogP contribution < -0.4 is 10.3 Å². The first kappa shape index (κ1) is 6.99. The van der Waals surface area contributed by atoms with Gasteiger partial charge in [0.15, 0.2) is 0 Å². The maximum absolute atomic E-state index is 5.64. The molecule has 3 heteroatoms. The van der Waals surface area contributed by atoms with Gasteiger partial charge in [0, 0.05) is 6.07 Å². The van der Waals surface area contributed by atoms with Crippen molar-refractivity contribution >= 4 is 5.82 Å². The standard InChI is InChI=1S/C7H11N3/c1-6(2)10-5-9-4-3-7(10)8/h3-6,8H,1-2H3/p+1. The molecule has 0 aromatic carbocycles. The van der Waals surface area contributed by atoms with Gasteiger partial charge in [-0.05, 0) is 13.8 Å². The van der Waals surface area contributed by atoms with Gasteiger partial charge in [0.05, 0.1) is 6.04 Å². The lowest BCUT2D eigenvalue weighted by Crippen LogP contribution is -2.39. The summed E-state index contributed by atoms with van der Waals surface area (Å²) in [5.41, 5.74) is 5.64. The van der Waals surface area contributed by atoms with Gasteiger partial charge in [-0.15, -0.1) is 4.98 Å². The zero-order valence-electron chi connectivity index (χ0n) is 6.28. The lowest BCUT2D eigenvalue weighted by molar-refractivity contribution is -0.705. The molecule has 54 valence electrons. The van der Waals surface area contributed by atoms with Crippen molar-refractivity contribution in [3.63, 3.8) is 0 Å². The molecule has 1 aromatic heterocycles. The average molecular weight is 138 g/mol. The Morgan fingerprint density at radius 2 is 2.30 bits per heavy atom. The second-order valence-corrected chi connectivity index (χ2v) is 2.51. The summed E-state index contributed by atoms with van der Waals surface area (Å²) in [6, 6.07) is 2.17. The van der Waals surface area contributed by atoms with Crippen LogP contribution in [0.4, 0.5) is 5.82 Å². The van der Waals surface area contributed by atoms with Crippen molar-refractivity contribution in [1.82, 2.24) is 4.98 Å². The largest absolute Gasteiger partial charge is 0.318 e. The third-order valence-electron chi connectivity index (χ3n) is 1.38. The fourth-order valence-corrected chi connectivity index (χ4v) is 0.814. The van der Waals surface area contributed by atoms with Gasteiger partial charge < -0.3 is 5.73 Å². The first-order valence-corrected chi connectivity index (χ1v) is 3.32. The topological polar surface area (TPSA) is 42.8 Å². The molecule has 1 aromatic rings. The van der Waals surface area contributed by atoms with Crippen molar-refractivity contribution in [1.29, 1.82) is 0 Å². The molecule has 0 saturated heterocycles. The number of hydrogen-bond donors (Lipinski definition) is 1. The minimum absolute atomic E-state index is 0.383. The molecule has 0 fully saturated rings. The molecule has 1 rings (SSSR count). The molecule has 0 radical (unpaired) electrons. The second kappa shape index (κ2) is 2.64. The average Bonchev–Trinajstić information content (AvgIpc) is 1.88. The number of aromatic nitrogens is 2. The van der Waals surface area contributed by atoms with E-state index in [1.54, 1.807) is 18.6 Å². The van der Waals surface area contributed by atoms with E-state index in [2.05, 4.69) is 18.8 Å². The Balaban J connectivity index is 3.03. The highest BCUT2D eigenvalue weighted by atomic mass is 15.1. The quantitative estimate of drug-likeness (QED) is 0.575. The van der Waals surface area contributed by atoms with Crippen molar-refractivity contribution in [2.24, 2.45) is 0 Å². The van der Waals surface area contributed by atoms with E-state index in [1.807, 2.05) is 4.57 Å². The first-order chi connectivity index (χ1) is 4.72. The fourth-order valence-electron chi connectivity index (χ4n) is 0.814. The van der Waals surface area contributed by atoms with Crippen LogP contribution in [-0.4, -0.2) is 4.98 Å². The minimum Gasteiger partial charge on any atom is -0.318 e. The predicted octanol–water partition coefficient (Wildman–Crippen LogP) is 0.532. The summed E-state index contributed by atoms with van der Waals surface area (Å²) < 4.78 is 1.92. The molecular weight excluding hydrogens is 126 g/mol. The third kappa shape index (κ3) is 1.23. The fraction of sp³-hybridized carbons (Fsp3) is 0.429. The Bertz CT molecular complexity index is 220. The van der Waals surface area contributed by atoms with Crippen LogP contribution in [0.3, 0.4) is 0 Å². The first-order valence-electron chi connectivity index (χ1n) is 3.32. The summed E-state index contributed by atoms with van der Waals surface area (Å²) in [7, 11) is 0. The molecule has 2 N–H and O–H groups in total. The van der Waals surface area contributed by atoms with Gasteiger partial charge in [0.25, 0.3) is 0 Å². The van der Waals surface area contributed by atoms with Crippen LogP contribution >= 0.6 is 0 Å². The van der Waals surface area contributed by atoms with E-state index in [4.69, 9.17) is 5.73 Å². The molecule has 0 saturated carbocycles. The SMILES string of the molecule is CC(C)[n+]1cnccc1N. The van der Waals surface area contributed by atoms with Gasteiger partial charge in [0.1, 0.15) is 6.20 Å². The van der Waals surface area contributed by atoms with E-state index < -0.39 is 0 Å². The van der Waals surface area contributed by atoms with Gasteiger partial charge in [-0.3, -0.25) is 0 Å². The predicted molar refractivity (Wildman–Crippen MR) is 39.2 cm³/mol. The molecule has 0 amide bonds. The van der Waals surface area contributed by atoms with Crippen LogP contribution in [0.2, 0.25) is 0 Å². The summed E-state index contributed by atoms with van der Waals surface area (Å²) in [6.45, 7) is 4.14. The molecule has 0 aliphatic rings. The number of nitrogens with two attached hydrogens (primary N) is 1. The molecule has 10 heavy (non-hydrogen) atoms.